The molecule has 0 radical (unpaired) electrons. The van der Waals surface area contributed by atoms with Gasteiger partial charge in [-0.2, -0.15) is 4.98 Å². The lowest BCUT2D eigenvalue weighted by Crippen LogP contribution is -2.33. The van der Waals surface area contributed by atoms with Crippen LogP contribution in [0.2, 0.25) is 5.02 Å². The Hall–Kier alpha value is -2.71. The molecule has 0 bridgehead atoms. The Morgan fingerprint density at radius 2 is 2.18 bits per heavy atom. The highest BCUT2D eigenvalue weighted by molar-refractivity contribution is 6.33. The second-order valence-electron chi connectivity index (χ2n) is 6.38. The molecule has 0 fully saturated rings. The summed E-state index contributed by atoms with van der Waals surface area (Å²) in [6, 6.07) is 7.28. The SMILES string of the molecule is Cn1cncc1CN(CCO)C(=O)CCCc1nc(-c2ccccc2Cl)no1. The smallest absolute Gasteiger partial charge is 0.226 e. The third kappa shape index (κ3) is 4.96. The first-order valence-electron chi connectivity index (χ1n) is 9.00. The molecule has 2 heterocycles. The van der Waals surface area contributed by atoms with E-state index in [0.29, 0.717) is 48.1 Å². The van der Waals surface area contributed by atoms with Crippen LogP contribution >= 0.6 is 11.6 Å². The number of aliphatic hydroxyl groups is 1. The Kier molecular flexibility index (Phi) is 6.78. The van der Waals surface area contributed by atoms with Crippen molar-refractivity contribution in [2.75, 3.05) is 13.2 Å². The first kappa shape index (κ1) is 20.0. The topological polar surface area (TPSA) is 97.3 Å². The minimum atomic E-state index is -0.0888. The minimum Gasteiger partial charge on any atom is -0.395 e. The Morgan fingerprint density at radius 3 is 2.89 bits per heavy atom. The summed E-state index contributed by atoms with van der Waals surface area (Å²) in [6.07, 6.45) is 4.77. The minimum absolute atomic E-state index is 0.0407. The highest BCUT2D eigenvalue weighted by Gasteiger charge is 2.16. The Bertz CT molecular complexity index is 924. The number of amides is 1. The van der Waals surface area contributed by atoms with Crippen molar-refractivity contribution in [1.82, 2.24) is 24.6 Å². The van der Waals surface area contributed by atoms with E-state index >= 15 is 0 Å². The van der Waals surface area contributed by atoms with Gasteiger partial charge in [-0.05, 0) is 18.6 Å². The molecule has 1 N–H and O–H groups in total. The van der Waals surface area contributed by atoms with Gasteiger partial charge in [-0.25, -0.2) is 4.98 Å². The van der Waals surface area contributed by atoms with Crippen molar-refractivity contribution < 1.29 is 14.4 Å². The number of imidazole rings is 1. The van der Waals surface area contributed by atoms with Crippen molar-refractivity contribution in [1.29, 1.82) is 0 Å². The molecule has 0 saturated heterocycles. The van der Waals surface area contributed by atoms with Crippen LogP contribution in [0.15, 0.2) is 41.3 Å². The van der Waals surface area contributed by atoms with Gasteiger partial charge >= 0.3 is 0 Å². The third-order valence-electron chi connectivity index (χ3n) is 4.36. The van der Waals surface area contributed by atoms with Crippen LogP contribution in [0.25, 0.3) is 11.4 Å². The predicted molar refractivity (Wildman–Crippen MR) is 103 cm³/mol. The van der Waals surface area contributed by atoms with Crippen LogP contribution in [0, 0.1) is 0 Å². The maximum absolute atomic E-state index is 12.5. The van der Waals surface area contributed by atoms with Gasteiger partial charge in [0.25, 0.3) is 0 Å². The van der Waals surface area contributed by atoms with Crippen LogP contribution in [-0.4, -0.2) is 48.8 Å². The number of aryl methyl sites for hydroxylation is 2. The molecule has 148 valence electrons. The van der Waals surface area contributed by atoms with Crippen molar-refractivity contribution in [3.63, 3.8) is 0 Å². The molecule has 28 heavy (non-hydrogen) atoms. The fourth-order valence-electron chi connectivity index (χ4n) is 2.80. The van der Waals surface area contributed by atoms with E-state index < -0.39 is 0 Å². The first-order chi connectivity index (χ1) is 13.6. The second-order valence-corrected chi connectivity index (χ2v) is 6.79. The summed E-state index contributed by atoms with van der Waals surface area (Å²) in [7, 11) is 1.87. The predicted octanol–water partition coefficient (Wildman–Crippen LogP) is 2.47. The van der Waals surface area contributed by atoms with Crippen molar-refractivity contribution in [3.8, 4) is 11.4 Å². The zero-order valence-electron chi connectivity index (χ0n) is 15.6. The van der Waals surface area contributed by atoms with E-state index in [-0.39, 0.29) is 19.1 Å². The van der Waals surface area contributed by atoms with Crippen LogP contribution in [0.3, 0.4) is 0 Å². The molecule has 0 aliphatic heterocycles. The number of rotatable bonds is 9. The average molecular weight is 404 g/mol. The van der Waals surface area contributed by atoms with Crippen LogP contribution in [0.1, 0.15) is 24.4 Å². The van der Waals surface area contributed by atoms with E-state index in [1.807, 2.05) is 29.8 Å². The largest absolute Gasteiger partial charge is 0.395 e. The lowest BCUT2D eigenvalue weighted by atomic mass is 10.2. The molecule has 3 rings (SSSR count). The summed E-state index contributed by atoms with van der Waals surface area (Å²) >= 11 is 6.15. The number of halogens is 1. The van der Waals surface area contributed by atoms with E-state index in [2.05, 4.69) is 15.1 Å². The number of hydrogen-bond donors (Lipinski definition) is 1. The summed E-state index contributed by atoms with van der Waals surface area (Å²) in [4.78, 5) is 22.6. The van der Waals surface area contributed by atoms with Gasteiger partial charge in [0.05, 0.1) is 30.2 Å². The van der Waals surface area contributed by atoms with Crippen molar-refractivity contribution >= 4 is 17.5 Å². The zero-order chi connectivity index (χ0) is 19.9. The lowest BCUT2D eigenvalue weighted by Gasteiger charge is -2.21. The van der Waals surface area contributed by atoms with Crippen LogP contribution in [0.5, 0.6) is 0 Å². The summed E-state index contributed by atoms with van der Waals surface area (Å²) in [5, 5.41) is 13.8. The number of benzene rings is 1. The van der Waals surface area contributed by atoms with Gasteiger partial charge in [-0.1, -0.05) is 28.9 Å². The van der Waals surface area contributed by atoms with E-state index in [1.54, 1.807) is 23.5 Å². The molecule has 3 aromatic rings. The Labute approximate surface area is 167 Å². The quantitative estimate of drug-likeness (QED) is 0.589. The van der Waals surface area contributed by atoms with Gasteiger partial charge in [0.1, 0.15) is 0 Å². The standard InChI is InChI=1S/C19H22ClN5O3/c1-24-13-21-11-14(24)12-25(9-10-26)18(27)8-4-7-17-22-19(23-28-17)15-5-2-3-6-16(15)20/h2-3,5-6,11,13,26H,4,7-10,12H2,1H3. The maximum atomic E-state index is 12.5. The number of carbonyl (C=O) groups is 1. The normalized spacial score (nSPS) is 11.0. The molecule has 0 aliphatic rings. The molecule has 0 saturated carbocycles. The highest BCUT2D eigenvalue weighted by atomic mass is 35.5. The lowest BCUT2D eigenvalue weighted by molar-refractivity contribution is -0.132. The molecule has 1 aromatic carbocycles. The maximum Gasteiger partial charge on any atom is 0.226 e. The van der Waals surface area contributed by atoms with Gasteiger partial charge in [0.15, 0.2) is 0 Å². The van der Waals surface area contributed by atoms with Gasteiger partial charge in [0, 0.05) is 38.2 Å². The van der Waals surface area contributed by atoms with E-state index in [9.17, 15) is 9.90 Å². The number of nitrogens with zero attached hydrogens (tertiary/aromatic N) is 5. The molecule has 2 aromatic heterocycles. The average Bonchev–Trinajstić information content (AvgIpc) is 3.31. The van der Waals surface area contributed by atoms with Gasteiger partial charge in [-0.3, -0.25) is 4.79 Å². The van der Waals surface area contributed by atoms with E-state index in [1.165, 1.54) is 0 Å². The van der Waals surface area contributed by atoms with Crippen LogP contribution < -0.4 is 0 Å². The van der Waals surface area contributed by atoms with Gasteiger partial charge in [0.2, 0.25) is 17.6 Å². The molecule has 8 nitrogen and oxygen atoms in total. The fourth-order valence-corrected chi connectivity index (χ4v) is 3.02. The second kappa shape index (κ2) is 9.48. The Morgan fingerprint density at radius 1 is 1.36 bits per heavy atom. The Balaban J connectivity index is 1.54. The first-order valence-corrected chi connectivity index (χ1v) is 9.37. The van der Waals surface area contributed by atoms with Crippen LogP contribution in [-0.2, 0) is 24.8 Å². The van der Waals surface area contributed by atoms with Crippen molar-refractivity contribution in [2.24, 2.45) is 7.05 Å². The molecule has 9 heteroatoms. The van der Waals surface area contributed by atoms with Crippen molar-refractivity contribution in [2.45, 2.75) is 25.8 Å². The van der Waals surface area contributed by atoms with Gasteiger partial charge < -0.3 is 19.1 Å². The third-order valence-corrected chi connectivity index (χ3v) is 4.69. The van der Waals surface area contributed by atoms with Crippen LogP contribution in [0.4, 0.5) is 0 Å². The zero-order valence-corrected chi connectivity index (χ0v) is 16.3. The summed E-state index contributed by atoms with van der Waals surface area (Å²) < 4.78 is 7.12. The number of aliphatic hydroxyl groups excluding tert-OH is 1. The molecule has 0 atom stereocenters. The molecule has 0 spiro atoms. The van der Waals surface area contributed by atoms with E-state index in [0.717, 1.165) is 5.69 Å². The number of hydrogen-bond acceptors (Lipinski definition) is 6. The number of carbonyl (C=O) groups excluding carboxylic acids is 1. The highest BCUT2D eigenvalue weighted by Crippen LogP contribution is 2.25. The molecule has 0 unspecified atom stereocenters. The molecular weight excluding hydrogens is 382 g/mol. The summed E-state index contributed by atoms with van der Waals surface area (Å²) in [5.74, 6) is 0.856. The molecule has 1 amide bonds. The summed E-state index contributed by atoms with van der Waals surface area (Å²) in [6.45, 7) is 0.600. The van der Waals surface area contributed by atoms with E-state index in [4.69, 9.17) is 16.1 Å². The number of aromatic nitrogens is 4. The van der Waals surface area contributed by atoms with Gasteiger partial charge in [-0.15, -0.1) is 0 Å². The molecular formula is C19H22ClN5O3. The monoisotopic (exact) mass is 403 g/mol. The van der Waals surface area contributed by atoms with Crippen molar-refractivity contribution in [3.05, 3.63) is 53.4 Å². The summed E-state index contributed by atoms with van der Waals surface area (Å²) in [5.41, 5.74) is 1.61. The molecule has 0 aliphatic carbocycles. The fraction of sp³-hybridized carbons (Fsp3) is 0.368.